The minimum absolute atomic E-state index is 0.248. The summed E-state index contributed by atoms with van der Waals surface area (Å²) in [5.74, 6) is -0.599. The van der Waals surface area contributed by atoms with Crippen LogP contribution in [-0.2, 0) is 20.1 Å². The van der Waals surface area contributed by atoms with Gasteiger partial charge in [-0.25, -0.2) is 9.00 Å². The first-order valence-corrected chi connectivity index (χ1v) is 4.11. The second-order valence-electron chi connectivity index (χ2n) is 1.67. The minimum atomic E-state index is -1.59. The third-order valence-electron chi connectivity index (χ3n) is 0.752. The van der Waals surface area contributed by atoms with Gasteiger partial charge in [-0.05, 0) is 6.92 Å². The Hall–Kier alpha value is -0.420. The molecule has 0 aliphatic carbocycles. The van der Waals surface area contributed by atoms with Crippen molar-refractivity contribution in [3.05, 3.63) is 0 Å². The number of aliphatic hydroxyl groups is 1. The van der Waals surface area contributed by atoms with Crippen molar-refractivity contribution < 1.29 is 18.3 Å². The number of hydrogen-bond acceptors (Lipinski definition) is 4. The highest BCUT2D eigenvalue weighted by Gasteiger charge is 2.12. The van der Waals surface area contributed by atoms with Crippen molar-refractivity contribution in [1.29, 1.82) is 0 Å². The maximum absolute atomic E-state index is 10.5. The van der Waals surface area contributed by atoms with Gasteiger partial charge in [0.15, 0.2) is 0 Å². The highest BCUT2D eigenvalue weighted by molar-refractivity contribution is 7.80. The van der Waals surface area contributed by atoms with E-state index in [1.807, 2.05) is 0 Å². The van der Waals surface area contributed by atoms with Crippen LogP contribution in [0.2, 0.25) is 0 Å². The maximum atomic E-state index is 10.5. The van der Waals surface area contributed by atoms with Crippen LogP contribution in [0.5, 0.6) is 0 Å². The lowest BCUT2D eigenvalue weighted by Gasteiger charge is -2.01. The van der Waals surface area contributed by atoms with E-state index in [0.717, 1.165) is 0 Å². The number of carbonyl (C=O) groups excluding carboxylic acids is 1. The molecule has 4 nitrogen and oxygen atoms in total. The van der Waals surface area contributed by atoms with Gasteiger partial charge in [-0.15, -0.1) is 0 Å². The molecule has 0 aliphatic heterocycles. The molecule has 0 radical (unpaired) electrons. The van der Waals surface area contributed by atoms with Crippen LogP contribution in [-0.4, -0.2) is 27.1 Å². The largest absolute Gasteiger partial charge is 0.382 e. The summed E-state index contributed by atoms with van der Waals surface area (Å²) >= 11 is -1.59. The summed E-state index contributed by atoms with van der Waals surface area (Å²) in [5.41, 5.74) is 0. The average Bonchev–Trinajstić information content (AvgIpc) is 1.87. The molecule has 0 amide bonds. The molecule has 0 saturated heterocycles. The van der Waals surface area contributed by atoms with Crippen molar-refractivity contribution in [2.75, 3.05) is 5.75 Å². The molecule has 1 N–H and O–H groups in total. The van der Waals surface area contributed by atoms with Gasteiger partial charge in [0.05, 0.1) is 5.75 Å². The van der Waals surface area contributed by atoms with Gasteiger partial charge in [-0.1, -0.05) is 6.92 Å². The van der Waals surface area contributed by atoms with E-state index in [-0.39, 0.29) is 5.75 Å². The normalized spacial score (nSPS) is 15.9. The Labute approximate surface area is 61.9 Å². The van der Waals surface area contributed by atoms with E-state index in [1.54, 1.807) is 6.92 Å². The lowest BCUT2D eigenvalue weighted by atomic mass is 10.4. The summed E-state index contributed by atoms with van der Waals surface area (Å²) in [7, 11) is 0. The summed E-state index contributed by atoms with van der Waals surface area (Å²) in [4.78, 5) is 10.4. The van der Waals surface area contributed by atoms with Gasteiger partial charge in [0.1, 0.15) is 6.10 Å². The van der Waals surface area contributed by atoms with Gasteiger partial charge in [0.25, 0.3) is 0 Å². The second-order valence-corrected chi connectivity index (χ2v) is 3.02. The van der Waals surface area contributed by atoms with E-state index in [9.17, 15) is 9.00 Å². The molecule has 0 spiro atoms. The third-order valence-corrected chi connectivity index (χ3v) is 1.57. The van der Waals surface area contributed by atoms with Crippen LogP contribution in [0, 0.1) is 0 Å². The Morgan fingerprint density at radius 1 is 1.80 bits per heavy atom. The van der Waals surface area contributed by atoms with E-state index in [2.05, 4.69) is 4.18 Å². The van der Waals surface area contributed by atoms with Crippen LogP contribution in [0.25, 0.3) is 0 Å². The van der Waals surface area contributed by atoms with Crippen LogP contribution in [0.15, 0.2) is 0 Å². The molecule has 0 rings (SSSR count). The highest BCUT2D eigenvalue weighted by atomic mass is 32.2. The molecule has 60 valence electrons. The first-order valence-electron chi connectivity index (χ1n) is 2.86. The topological polar surface area (TPSA) is 63.6 Å². The van der Waals surface area contributed by atoms with Crippen LogP contribution in [0.1, 0.15) is 13.8 Å². The Bertz CT molecular complexity index is 143. The Morgan fingerprint density at radius 2 is 2.30 bits per heavy atom. The van der Waals surface area contributed by atoms with Gasteiger partial charge in [-0.3, -0.25) is 0 Å². The van der Waals surface area contributed by atoms with Crippen LogP contribution < -0.4 is 0 Å². The van der Waals surface area contributed by atoms with Crippen LogP contribution in [0.4, 0.5) is 0 Å². The van der Waals surface area contributed by atoms with Gasteiger partial charge >= 0.3 is 5.97 Å². The first kappa shape index (κ1) is 9.58. The lowest BCUT2D eigenvalue weighted by Crippen LogP contribution is -2.20. The second kappa shape index (κ2) is 4.40. The molecular weight excluding hydrogens is 156 g/mol. The average molecular weight is 166 g/mol. The van der Waals surface area contributed by atoms with E-state index in [4.69, 9.17) is 5.11 Å². The van der Waals surface area contributed by atoms with Gasteiger partial charge in [-0.2, -0.15) is 0 Å². The van der Waals surface area contributed by atoms with Crippen molar-refractivity contribution in [1.82, 2.24) is 0 Å². The molecule has 0 fully saturated rings. The molecule has 0 aromatic carbocycles. The molecular formula is C5H10O4S. The highest BCUT2D eigenvalue weighted by Crippen LogP contribution is 1.90. The molecule has 0 aromatic heterocycles. The SMILES string of the molecule is CCS(=O)OC(=O)C(C)O. The molecule has 0 aromatic rings. The molecule has 2 unspecified atom stereocenters. The summed E-state index contributed by atoms with van der Waals surface area (Å²) in [5, 5.41) is 8.56. The summed E-state index contributed by atoms with van der Waals surface area (Å²) in [6.45, 7) is 2.88. The van der Waals surface area contributed by atoms with Crippen LogP contribution in [0.3, 0.4) is 0 Å². The Kier molecular flexibility index (Phi) is 4.22. The first-order chi connectivity index (χ1) is 4.57. The number of hydrogen-bond donors (Lipinski definition) is 1. The van der Waals surface area contributed by atoms with E-state index in [0.29, 0.717) is 0 Å². The standard InChI is InChI=1S/C5H10O4S/c1-3-10(8)9-5(7)4(2)6/h4,6H,3H2,1-2H3. The monoisotopic (exact) mass is 166 g/mol. The van der Waals surface area contributed by atoms with Crippen LogP contribution >= 0.6 is 0 Å². The fourth-order valence-electron chi connectivity index (χ4n) is 0.220. The summed E-state index contributed by atoms with van der Waals surface area (Å²) in [6.07, 6.45) is -1.20. The minimum Gasteiger partial charge on any atom is -0.382 e. The van der Waals surface area contributed by atoms with E-state index >= 15 is 0 Å². The van der Waals surface area contributed by atoms with Crippen molar-refractivity contribution in [3.63, 3.8) is 0 Å². The van der Waals surface area contributed by atoms with Crippen molar-refractivity contribution in [2.24, 2.45) is 0 Å². The van der Waals surface area contributed by atoms with Crippen molar-refractivity contribution in [2.45, 2.75) is 20.0 Å². The van der Waals surface area contributed by atoms with E-state index < -0.39 is 23.2 Å². The Balaban J connectivity index is 3.69. The van der Waals surface area contributed by atoms with E-state index in [1.165, 1.54) is 6.92 Å². The molecule has 5 heteroatoms. The van der Waals surface area contributed by atoms with Crippen molar-refractivity contribution >= 4 is 17.0 Å². The number of carbonyl (C=O) groups is 1. The number of aliphatic hydroxyl groups excluding tert-OH is 1. The lowest BCUT2D eigenvalue weighted by molar-refractivity contribution is -0.141. The molecule has 2 atom stereocenters. The van der Waals surface area contributed by atoms with Gasteiger partial charge < -0.3 is 9.29 Å². The fraction of sp³-hybridized carbons (Fsp3) is 0.800. The number of rotatable bonds is 3. The Morgan fingerprint density at radius 3 is 2.60 bits per heavy atom. The maximum Gasteiger partial charge on any atom is 0.348 e. The zero-order chi connectivity index (χ0) is 8.15. The smallest absolute Gasteiger partial charge is 0.348 e. The molecule has 0 saturated carbocycles. The van der Waals surface area contributed by atoms with Gasteiger partial charge in [0, 0.05) is 0 Å². The third kappa shape index (κ3) is 3.58. The molecule has 10 heavy (non-hydrogen) atoms. The molecule has 0 aliphatic rings. The quantitative estimate of drug-likeness (QED) is 0.619. The van der Waals surface area contributed by atoms with Gasteiger partial charge in [0.2, 0.25) is 11.1 Å². The molecule has 0 heterocycles. The predicted molar refractivity (Wildman–Crippen MR) is 36.5 cm³/mol. The molecule has 0 bridgehead atoms. The summed E-state index contributed by atoms with van der Waals surface area (Å²) < 4.78 is 14.7. The zero-order valence-electron chi connectivity index (χ0n) is 5.86. The van der Waals surface area contributed by atoms with Crippen molar-refractivity contribution in [3.8, 4) is 0 Å². The predicted octanol–water partition coefficient (Wildman–Crippen LogP) is -0.406. The summed E-state index contributed by atoms with van der Waals surface area (Å²) in [6, 6.07) is 0. The zero-order valence-corrected chi connectivity index (χ0v) is 6.68. The fourth-order valence-corrected chi connectivity index (χ4v) is 0.660.